The van der Waals surface area contributed by atoms with Gasteiger partial charge in [0.1, 0.15) is 17.3 Å². The van der Waals surface area contributed by atoms with E-state index in [1.54, 1.807) is 0 Å². The number of hydrogen-bond acceptors (Lipinski definition) is 6. The van der Waals surface area contributed by atoms with Crippen LogP contribution >= 0.6 is 23.4 Å². The van der Waals surface area contributed by atoms with E-state index in [1.165, 1.54) is 14.2 Å². The van der Waals surface area contributed by atoms with Gasteiger partial charge in [0.25, 0.3) is 5.56 Å². The summed E-state index contributed by atoms with van der Waals surface area (Å²) >= 11 is 6.98. The Kier molecular flexibility index (Phi) is 7.60. The number of carbonyl (C=O) groups is 1. The van der Waals surface area contributed by atoms with Gasteiger partial charge < -0.3 is 9.47 Å². The Bertz CT molecular complexity index is 1160. The van der Waals surface area contributed by atoms with Crippen LogP contribution in [0.25, 0.3) is 5.69 Å². The summed E-state index contributed by atoms with van der Waals surface area (Å²) in [5.74, 6) is -1.55. The number of methoxy groups -OCH3 is 2. The van der Waals surface area contributed by atoms with Crippen LogP contribution in [0.5, 0.6) is 0 Å². The molecule has 2 aromatic rings. The van der Waals surface area contributed by atoms with Crippen LogP contribution in [0.15, 0.2) is 44.5 Å². The standard InChI is InChI=1S/C18H15ClF4N2O5S/c1-24-14(18(21,22)23)7-15(26)25(17(24)28)12-6-13(10(19)5-11(12)20)31-8-9(29-2)4-16(27)30-3/h4-7H,8H2,1-3H3/b9-4+. The Morgan fingerprint density at radius 2 is 1.84 bits per heavy atom. The first-order chi connectivity index (χ1) is 14.4. The number of alkyl halides is 3. The number of carbonyl (C=O) groups excluding carboxylic acids is 1. The first-order valence-corrected chi connectivity index (χ1v) is 9.62. The van der Waals surface area contributed by atoms with Gasteiger partial charge in [-0.1, -0.05) is 11.6 Å². The maximum atomic E-state index is 14.5. The van der Waals surface area contributed by atoms with Crippen LogP contribution in [-0.2, 0) is 27.5 Å². The Morgan fingerprint density at radius 1 is 1.19 bits per heavy atom. The van der Waals surface area contributed by atoms with Gasteiger partial charge in [0, 0.05) is 18.0 Å². The molecule has 0 N–H and O–H groups in total. The quantitative estimate of drug-likeness (QED) is 0.207. The molecule has 0 aliphatic heterocycles. The van der Waals surface area contributed by atoms with E-state index in [1.807, 2.05) is 0 Å². The third-order valence-corrected chi connectivity index (χ3v) is 5.47. The van der Waals surface area contributed by atoms with Crippen molar-refractivity contribution in [3.05, 3.63) is 67.4 Å². The zero-order valence-corrected chi connectivity index (χ0v) is 17.8. The smallest absolute Gasteiger partial charge is 0.431 e. The normalized spacial score (nSPS) is 12.1. The number of hydrogen-bond donors (Lipinski definition) is 0. The molecule has 0 bridgehead atoms. The molecule has 13 heteroatoms. The fourth-order valence-corrected chi connectivity index (χ4v) is 3.62. The van der Waals surface area contributed by atoms with Crippen LogP contribution in [0.3, 0.4) is 0 Å². The van der Waals surface area contributed by atoms with E-state index in [2.05, 4.69) is 4.74 Å². The second-order valence-electron chi connectivity index (χ2n) is 5.90. The molecular formula is C18H15ClF4N2O5S. The number of nitrogens with zero attached hydrogens (tertiary/aromatic N) is 2. The lowest BCUT2D eigenvalue weighted by atomic mass is 10.3. The highest BCUT2D eigenvalue weighted by molar-refractivity contribution is 7.99. The first-order valence-electron chi connectivity index (χ1n) is 8.25. The van der Waals surface area contributed by atoms with Crippen LogP contribution in [0.2, 0.25) is 5.02 Å². The van der Waals surface area contributed by atoms with Crippen molar-refractivity contribution in [2.75, 3.05) is 20.0 Å². The van der Waals surface area contributed by atoms with Gasteiger partial charge in [-0.25, -0.2) is 18.5 Å². The molecule has 7 nitrogen and oxygen atoms in total. The summed E-state index contributed by atoms with van der Waals surface area (Å²) in [6.07, 6.45) is -3.88. The summed E-state index contributed by atoms with van der Waals surface area (Å²) in [6.45, 7) is 0. The van der Waals surface area contributed by atoms with Gasteiger partial charge in [-0.05, 0) is 12.1 Å². The Hall–Kier alpha value is -2.73. The molecule has 0 spiro atoms. The minimum absolute atomic E-state index is 0.0380. The molecule has 0 fully saturated rings. The van der Waals surface area contributed by atoms with E-state index in [-0.39, 0.29) is 36.6 Å². The van der Waals surface area contributed by atoms with Crippen LogP contribution in [0.1, 0.15) is 5.69 Å². The van der Waals surface area contributed by atoms with E-state index in [4.69, 9.17) is 16.3 Å². The first kappa shape index (κ1) is 24.5. The van der Waals surface area contributed by atoms with Gasteiger partial charge >= 0.3 is 17.8 Å². The number of halogens is 5. The SMILES string of the molecule is COC(=O)/C=C(\CSc1cc(-n2c(=O)cc(C(F)(F)F)n(C)c2=O)c(F)cc1Cl)OC. The molecule has 1 aromatic heterocycles. The lowest BCUT2D eigenvalue weighted by Crippen LogP contribution is -2.41. The Morgan fingerprint density at radius 3 is 2.39 bits per heavy atom. The maximum Gasteiger partial charge on any atom is 0.431 e. The molecule has 0 saturated carbocycles. The van der Waals surface area contributed by atoms with Gasteiger partial charge in [-0.15, -0.1) is 11.8 Å². The number of thioether (sulfide) groups is 1. The predicted octanol–water partition coefficient (Wildman–Crippen LogP) is 3.14. The molecule has 1 heterocycles. The summed E-state index contributed by atoms with van der Waals surface area (Å²) < 4.78 is 63.5. The van der Waals surface area contributed by atoms with Crippen molar-refractivity contribution in [2.45, 2.75) is 11.1 Å². The molecule has 31 heavy (non-hydrogen) atoms. The van der Waals surface area contributed by atoms with Crippen molar-refractivity contribution in [1.82, 2.24) is 9.13 Å². The second-order valence-corrected chi connectivity index (χ2v) is 7.33. The Labute approximate surface area is 181 Å². The molecule has 0 aliphatic carbocycles. The molecule has 0 saturated heterocycles. The zero-order valence-electron chi connectivity index (χ0n) is 16.3. The van der Waals surface area contributed by atoms with Crippen molar-refractivity contribution in [2.24, 2.45) is 7.05 Å². The molecule has 0 amide bonds. The molecule has 0 atom stereocenters. The van der Waals surface area contributed by atoms with Gasteiger partial charge in [-0.2, -0.15) is 13.2 Å². The van der Waals surface area contributed by atoms with Crippen molar-refractivity contribution in [3.8, 4) is 5.69 Å². The molecule has 0 unspecified atom stereocenters. The minimum atomic E-state index is -4.95. The highest BCUT2D eigenvalue weighted by Gasteiger charge is 2.35. The third-order valence-electron chi connectivity index (χ3n) is 3.96. The summed E-state index contributed by atoms with van der Waals surface area (Å²) in [4.78, 5) is 36.2. The van der Waals surface area contributed by atoms with Gasteiger partial charge in [0.2, 0.25) is 0 Å². The largest absolute Gasteiger partial charge is 0.500 e. The van der Waals surface area contributed by atoms with E-state index >= 15 is 0 Å². The van der Waals surface area contributed by atoms with Crippen molar-refractivity contribution >= 4 is 29.3 Å². The van der Waals surface area contributed by atoms with Gasteiger partial charge in [0.05, 0.1) is 36.8 Å². The maximum absolute atomic E-state index is 14.5. The molecule has 0 radical (unpaired) electrons. The van der Waals surface area contributed by atoms with E-state index < -0.39 is 40.6 Å². The lowest BCUT2D eigenvalue weighted by molar-refractivity contribution is -0.144. The third kappa shape index (κ3) is 5.50. The van der Waals surface area contributed by atoms with Gasteiger partial charge in [-0.3, -0.25) is 9.36 Å². The number of benzene rings is 1. The topological polar surface area (TPSA) is 79.5 Å². The van der Waals surface area contributed by atoms with Crippen molar-refractivity contribution in [3.63, 3.8) is 0 Å². The lowest BCUT2D eigenvalue weighted by Gasteiger charge is -2.15. The van der Waals surface area contributed by atoms with E-state index in [9.17, 15) is 31.9 Å². The highest BCUT2D eigenvalue weighted by Crippen LogP contribution is 2.32. The fourth-order valence-electron chi connectivity index (χ4n) is 2.42. The average molecular weight is 483 g/mol. The fraction of sp³-hybridized carbons (Fsp3) is 0.278. The Balaban J connectivity index is 2.55. The summed E-state index contributed by atoms with van der Waals surface area (Å²) in [7, 11) is 3.29. The zero-order chi connectivity index (χ0) is 23.5. The van der Waals surface area contributed by atoms with E-state index in [0.717, 1.165) is 37.0 Å². The average Bonchev–Trinajstić information content (AvgIpc) is 2.69. The van der Waals surface area contributed by atoms with Crippen molar-refractivity contribution < 1.29 is 31.8 Å². The van der Waals surface area contributed by atoms with E-state index in [0.29, 0.717) is 0 Å². The summed E-state index contributed by atoms with van der Waals surface area (Å²) in [5, 5.41) is -0.0865. The molecule has 168 valence electrons. The molecule has 2 rings (SSSR count). The predicted molar refractivity (Wildman–Crippen MR) is 105 cm³/mol. The molecule has 0 aliphatic rings. The number of esters is 1. The van der Waals surface area contributed by atoms with Crippen LogP contribution in [0.4, 0.5) is 17.6 Å². The van der Waals surface area contributed by atoms with Crippen LogP contribution in [0, 0.1) is 5.82 Å². The van der Waals surface area contributed by atoms with Gasteiger partial charge in [0.15, 0.2) is 0 Å². The molecule has 1 aromatic carbocycles. The summed E-state index contributed by atoms with van der Waals surface area (Å²) in [5.41, 5.74) is -4.81. The summed E-state index contributed by atoms with van der Waals surface area (Å²) in [6, 6.07) is 2.06. The molecular weight excluding hydrogens is 468 g/mol. The van der Waals surface area contributed by atoms with Crippen LogP contribution < -0.4 is 11.2 Å². The van der Waals surface area contributed by atoms with Crippen molar-refractivity contribution in [1.29, 1.82) is 0 Å². The van der Waals surface area contributed by atoms with Crippen LogP contribution in [-0.4, -0.2) is 35.1 Å². The number of aromatic nitrogens is 2. The highest BCUT2D eigenvalue weighted by atomic mass is 35.5. The monoisotopic (exact) mass is 482 g/mol. The second kappa shape index (κ2) is 9.60. The number of rotatable bonds is 6. The minimum Gasteiger partial charge on any atom is -0.500 e. The number of ether oxygens (including phenoxy) is 2.